The molecular formula is C28H26Cl2N2O4. The van der Waals surface area contributed by atoms with Crippen molar-refractivity contribution >= 4 is 40.7 Å². The minimum absolute atomic E-state index is 0.117. The number of amides is 1. The number of benzene rings is 2. The summed E-state index contributed by atoms with van der Waals surface area (Å²) in [5.41, 5.74) is 2.26. The predicted molar refractivity (Wildman–Crippen MR) is 136 cm³/mol. The minimum Gasteiger partial charge on any atom is -0.872 e. The molecule has 1 aliphatic heterocycles. The highest BCUT2D eigenvalue weighted by Gasteiger charge is 2.44. The average molecular weight is 525 g/mol. The van der Waals surface area contributed by atoms with Gasteiger partial charge in [-0.2, -0.15) is 0 Å². The molecule has 0 aliphatic carbocycles. The molecule has 6 nitrogen and oxygen atoms in total. The number of hydrogen-bond acceptors (Lipinski definition) is 4. The first-order chi connectivity index (χ1) is 17.2. The molecule has 36 heavy (non-hydrogen) atoms. The number of rotatable bonds is 7. The second-order valence-corrected chi connectivity index (χ2v) is 9.99. The Kier molecular flexibility index (Phi) is 7.67. The number of carbonyl (C=O) groups excluding carboxylic acids is 2. The maximum absolute atomic E-state index is 13.7. The van der Waals surface area contributed by atoms with E-state index in [4.69, 9.17) is 27.9 Å². The van der Waals surface area contributed by atoms with Gasteiger partial charge in [0.25, 0.3) is 5.91 Å². The van der Waals surface area contributed by atoms with Gasteiger partial charge >= 0.3 is 0 Å². The van der Waals surface area contributed by atoms with Crippen molar-refractivity contribution in [2.24, 2.45) is 5.92 Å². The Labute approximate surface area is 220 Å². The van der Waals surface area contributed by atoms with E-state index < -0.39 is 23.5 Å². The summed E-state index contributed by atoms with van der Waals surface area (Å²) in [5.74, 6) is -1.06. The van der Waals surface area contributed by atoms with Gasteiger partial charge < -0.3 is 14.7 Å². The zero-order valence-electron chi connectivity index (χ0n) is 20.2. The molecule has 1 N–H and O–H groups in total. The molecule has 2 heterocycles. The van der Waals surface area contributed by atoms with E-state index in [0.717, 1.165) is 11.1 Å². The Balaban J connectivity index is 1.81. The monoisotopic (exact) mass is 524 g/mol. The summed E-state index contributed by atoms with van der Waals surface area (Å²) in [5, 5.41) is 14.3. The molecule has 0 radical (unpaired) electrons. The standard InChI is InChI=1S/C28H26Cl2N2O4/c1-16(2)15-36-23-9-7-20(11-17(23)3)26(33)24-25(19-6-8-21(29)22(30)12-19)32(28(35)27(24)34)14-18-5-4-10-31-13-18/h4-13,16,25,33H,14-15H2,1-3H3/b26-24+. The largest absolute Gasteiger partial charge is 0.872 e. The fraction of sp³-hybridized carbons (Fsp3) is 0.250. The number of ketones is 1. The number of H-pyrrole nitrogens is 1. The first kappa shape index (κ1) is 25.7. The van der Waals surface area contributed by atoms with Crippen LogP contribution in [0.5, 0.6) is 5.75 Å². The first-order valence-corrected chi connectivity index (χ1v) is 12.3. The third kappa shape index (κ3) is 5.25. The van der Waals surface area contributed by atoms with Crippen molar-refractivity contribution in [2.75, 3.05) is 6.61 Å². The molecule has 1 aromatic heterocycles. The second-order valence-electron chi connectivity index (χ2n) is 9.18. The molecule has 8 heteroatoms. The predicted octanol–water partition coefficient (Wildman–Crippen LogP) is 4.57. The highest BCUT2D eigenvalue weighted by atomic mass is 35.5. The summed E-state index contributed by atoms with van der Waals surface area (Å²) < 4.78 is 5.82. The number of hydrogen-bond donors (Lipinski definition) is 0. The number of pyridine rings is 1. The molecule has 1 fully saturated rings. The van der Waals surface area contributed by atoms with Crippen LogP contribution in [0.25, 0.3) is 5.76 Å². The molecule has 2 aromatic carbocycles. The van der Waals surface area contributed by atoms with Crippen molar-refractivity contribution in [3.05, 3.63) is 98.8 Å². The van der Waals surface area contributed by atoms with Crippen LogP contribution in [0, 0.1) is 12.8 Å². The second kappa shape index (κ2) is 10.7. The van der Waals surface area contributed by atoms with Crippen LogP contribution in [0.2, 0.25) is 10.0 Å². The van der Waals surface area contributed by atoms with Gasteiger partial charge in [0.1, 0.15) is 5.75 Å². The number of Topliss-reactive ketones (excluding diaryl/α,β-unsaturated/α-hetero) is 1. The van der Waals surface area contributed by atoms with E-state index >= 15 is 0 Å². The van der Waals surface area contributed by atoms with Crippen LogP contribution in [-0.2, 0) is 16.1 Å². The quantitative estimate of drug-likeness (QED) is 0.257. The lowest BCUT2D eigenvalue weighted by molar-refractivity contribution is -0.378. The van der Waals surface area contributed by atoms with Crippen molar-refractivity contribution in [2.45, 2.75) is 33.4 Å². The first-order valence-electron chi connectivity index (χ1n) is 11.6. The van der Waals surface area contributed by atoms with Crippen molar-refractivity contribution < 1.29 is 24.4 Å². The minimum atomic E-state index is -0.912. The van der Waals surface area contributed by atoms with Gasteiger partial charge in [-0.1, -0.05) is 54.9 Å². The van der Waals surface area contributed by atoms with Crippen molar-refractivity contribution in [1.82, 2.24) is 4.90 Å². The number of aryl methyl sites for hydroxylation is 1. The number of likely N-dealkylation sites (tertiary alicyclic amines) is 1. The Morgan fingerprint density at radius 1 is 1.11 bits per heavy atom. The van der Waals surface area contributed by atoms with E-state index in [1.165, 1.54) is 4.90 Å². The van der Waals surface area contributed by atoms with Crippen molar-refractivity contribution in [3.8, 4) is 5.75 Å². The van der Waals surface area contributed by atoms with Crippen molar-refractivity contribution in [1.29, 1.82) is 0 Å². The fourth-order valence-electron chi connectivity index (χ4n) is 4.15. The van der Waals surface area contributed by atoms with Crippen LogP contribution in [0.1, 0.15) is 42.1 Å². The Morgan fingerprint density at radius 3 is 2.53 bits per heavy atom. The van der Waals surface area contributed by atoms with E-state index in [1.54, 1.807) is 54.9 Å². The number of carbonyl (C=O) groups is 2. The fourth-order valence-corrected chi connectivity index (χ4v) is 4.46. The highest BCUT2D eigenvalue weighted by Crippen LogP contribution is 2.41. The summed E-state index contributed by atoms with van der Waals surface area (Å²) in [7, 11) is 0. The molecule has 1 unspecified atom stereocenters. The summed E-state index contributed by atoms with van der Waals surface area (Å²) in [4.78, 5) is 30.8. The van der Waals surface area contributed by atoms with Crippen LogP contribution in [0.15, 0.2) is 66.5 Å². The normalized spacial score (nSPS) is 17.2. The molecule has 3 aromatic rings. The van der Waals surface area contributed by atoms with Crippen LogP contribution >= 0.6 is 23.2 Å². The number of halogens is 2. The molecule has 1 saturated heterocycles. The van der Waals surface area contributed by atoms with Gasteiger partial charge in [0, 0.05) is 17.2 Å². The van der Waals surface area contributed by atoms with Crippen LogP contribution in [0.4, 0.5) is 0 Å². The number of aromatic nitrogens is 1. The van der Waals surface area contributed by atoms with E-state index in [2.05, 4.69) is 18.8 Å². The number of ether oxygens (including phenoxy) is 1. The molecule has 0 spiro atoms. The molecule has 1 aliphatic rings. The summed E-state index contributed by atoms with van der Waals surface area (Å²) in [6.45, 7) is 6.62. The lowest BCUT2D eigenvalue weighted by Crippen LogP contribution is -2.29. The van der Waals surface area contributed by atoms with E-state index in [9.17, 15) is 14.7 Å². The lowest BCUT2D eigenvalue weighted by atomic mass is 9.94. The Morgan fingerprint density at radius 2 is 1.89 bits per heavy atom. The van der Waals surface area contributed by atoms with Gasteiger partial charge in [0.2, 0.25) is 5.78 Å². The molecule has 0 bridgehead atoms. The average Bonchev–Trinajstić information content (AvgIpc) is 3.10. The topological polar surface area (TPSA) is 83.8 Å². The van der Waals surface area contributed by atoms with Crippen LogP contribution < -0.4 is 14.8 Å². The van der Waals surface area contributed by atoms with Gasteiger partial charge in [-0.15, -0.1) is 0 Å². The summed E-state index contributed by atoms with van der Waals surface area (Å²) >= 11 is 12.4. The van der Waals surface area contributed by atoms with Gasteiger partial charge in [-0.25, -0.2) is 4.98 Å². The van der Waals surface area contributed by atoms with E-state index in [0.29, 0.717) is 34.4 Å². The third-order valence-electron chi connectivity index (χ3n) is 5.92. The zero-order chi connectivity index (χ0) is 26.0. The van der Waals surface area contributed by atoms with Gasteiger partial charge in [-0.3, -0.25) is 9.59 Å². The zero-order valence-corrected chi connectivity index (χ0v) is 21.7. The third-order valence-corrected chi connectivity index (χ3v) is 6.66. The number of nitrogens with one attached hydrogen (secondary N) is 1. The van der Waals surface area contributed by atoms with Crippen LogP contribution in [-0.4, -0.2) is 23.2 Å². The van der Waals surface area contributed by atoms with E-state index in [-0.39, 0.29) is 17.1 Å². The number of nitrogens with zero attached hydrogens (tertiary/aromatic N) is 1. The summed E-state index contributed by atoms with van der Waals surface area (Å²) in [6.07, 6.45) is 3.48. The molecule has 1 atom stereocenters. The smallest absolute Gasteiger partial charge is 0.295 e. The van der Waals surface area contributed by atoms with Gasteiger partial charge in [0.05, 0.1) is 29.2 Å². The maximum atomic E-state index is 13.7. The van der Waals surface area contributed by atoms with Gasteiger partial charge in [-0.05, 0) is 59.9 Å². The number of aromatic amines is 1. The van der Waals surface area contributed by atoms with E-state index in [1.807, 2.05) is 13.0 Å². The van der Waals surface area contributed by atoms with Gasteiger partial charge in [0.15, 0.2) is 12.4 Å². The maximum Gasteiger partial charge on any atom is 0.295 e. The molecule has 186 valence electrons. The SMILES string of the molecule is Cc1cc(/C([O-])=C2\C(=O)C(=O)N(Cc3ccc[nH+]c3)C2c2ccc(Cl)c(Cl)c2)ccc1OCC(C)C. The summed E-state index contributed by atoms with van der Waals surface area (Å²) in [6, 6.07) is 12.6. The molecular weight excluding hydrogens is 499 g/mol. The lowest BCUT2D eigenvalue weighted by Gasteiger charge is -2.27. The van der Waals surface area contributed by atoms with Crippen LogP contribution in [0.3, 0.4) is 0 Å². The Hall–Kier alpha value is -3.35. The Bertz CT molecular complexity index is 1340. The molecule has 1 amide bonds. The molecule has 0 saturated carbocycles. The molecule has 4 rings (SSSR count). The van der Waals surface area contributed by atoms with Crippen molar-refractivity contribution in [3.63, 3.8) is 0 Å². The highest BCUT2D eigenvalue weighted by molar-refractivity contribution is 6.46.